The molecular weight excluding hydrogens is 611 g/mol. The second kappa shape index (κ2) is 14.8. The van der Waals surface area contributed by atoms with E-state index in [-0.39, 0.29) is 36.9 Å². The van der Waals surface area contributed by atoms with Gasteiger partial charge in [-0.05, 0) is 41.7 Å². The van der Waals surface area contributed by atoms with Crippen LogP contribution in [-0.4, -0.2) is 63.7 Å². The number of thiazole rings is 1. The molecular formula is C33H37N5O5S2. The van der Waals surface area contributed by atoms with Crippen molar-refractivity contribution in [1.29, 1.82) is 0 Å². The first-order valence-corrected chi connectivity index (χ1v) is 17.0. The maximum absolute atomic E-state index is 14.1. The predicted molar refractivity (Wildman–Crippen MR) is 174 cm³/mol. The molecule has 0 bridgehead atoms. The Hall–Kier alpha value is -4.10. The summed E-state index contributed by atoms with van der Waals surface area (Å²) in [5.74, 6) is -0.0239. The van der Waals surface area contributed by atoms with E-state index in [1.807, 2.05) is 79.1 Å². The van der Waals surface area contributed by atoms with Gasteiger partial charge in [-0.25, -0.2) is 18.2 Å². The van der Waals surface area contributed by atoms with Crippen LogP contribution in [0.5, 0.6) is 0 Å². The number of ether oxygens (including phenoxy) is 1. The van der Waals surface area contributed by atoms with Crippen LogP contribution in [0, 0.1) is 5.92 Å². The Morgan fingerprint density at radius 1 is 1.02 bits per heavy atom. The predicted octanol–water partition coefficient (Wildman–Crippen LogP) is 5.09. The molecule has 0 aliphatic rings. The maximum Gasteiger partial charge on any atom is 0.407 e. The van der Waals surface area contributed by atoms with Crippen LogP contribution in [-0.2, 0) is 34.3 Å². The number of carbonyl (C=O) groups excluding carboxylic acids is 1. The van der Waals surface area contributed by atoms with Gasteiger partial charge in [-0.2, -0.15) is 4.31 Å². The average Bonchev–Trinajstić information content (AvgIpc) is 3.70. The first-order chi connectivity index (χ1) is 21.7. The number of sulfonamides is 1. The van der Waals surface area contributed by atoms with Gasteiger partial charge in [0.1, 0.15) is 6.61 Å². The monoisotopic (exact) mass is 647 g/mol. The highest BCUT2D eigenvalue weighted by molar-refractivity contribution is 7.89. The van der Waals surface area contributed by atoms with Crippen LogP contribution in [0.2, 0.25) is 0 Å². The van der Waals surface area contributed by atoms with E-state index in [0.717, 1.165) is 16.0 Å². The average molecular weight is 648 g/mol. The summed E-state index contributed by atoms with van der Waals surface area (Å²) in [7, 11) is -4.04. The smallest absolute Gasteiger partial charge is 0.407 e. The Bertz CT molecular complexity index is 1780. The molecule has 0 aliphatic heterocycles. The number of hydrogen-bond acceptors (Lipinski definition) is 8. The van der Waals surface area contributed by atoms with Gasteiger partial charge in [-0.1, -0.05) is 74.5 Å². The normalized spacial score (nSPS) is 13.3. The summed E-state index contributed by atoms with van der Waals surface area (Å²) in [6.07, 6.45) is 1.66. The first-order valence-electron chi connectivity index (χ1n) is 14.7. The van der Waals surface area contributed by atoms with E-state index >= 15 is 0 Å². The number of aliphatic hydroxyl groups excluding tert-OH is 1. The molecule has 1 amide bonds. The quantitative estimate of drug-likeness (QED) is 0.172. The van der Waals surface area contributed by atoms with Gasteiger partial charge in [0.25, 0.3) is 0 Å². The van der Waals surface area contributed by atoms with E-state index < -0.39 is 28.3 Å². The summed E-state index contributed by atoms with van der Waals surface area (Å²) in [6.45, 7) is 4.37. The van der Waals surface area contributed by atoms with Crippen LogP contribution in [0.4, 0.5) is 4.79 Å². The number of amides is 1. The number of hydrogen-bond donors (Lipinski definition) is 2. The first kappa shape index (κ1) is 32.3. The van der Waals surface area contributed by atoms with Crippen LogP contribution in [0.25, 0.3) is 11.0 Å². The van der Waals surface area contributed by atoms with Gasteiger partial charge in [0.15, 0.2) is 0 Å². The molecule has 0 spiro atoms. The molecule has 2 N–H and O–H groups in total. The molecule has 2 heterocycles. The molecule has 0 radical (unpaired) electrons. The molecule has 0 saturated heterocycles. The fourth-order valence-corrected chi connectivity index (χ4v) is 7.21. The maximum atomic E-state index is 14.1. The molecule has 0 fully saturated rings. The van der Waals surface area contributed by atoms with Crippen molar-refractivity contribution in [3.63, 3.8) is 0 Å². The van der Waals surface area contributed by atoms with E-state index in [1.54, 1.807) is 36.2 Å². The fraction of sp³-hybridized carbons (Fsp3) is 0.303. The zero-order valence-electron chi connectivity index (χ0n) is 25.2. The fourth-order valence-electron chi connectivity index (χ4n) is 5.06. The van der Waals surface area contributed by atoms with Crippen molar-refractivity contribution in [2.45, 2.75) is 50.5 Å². The number of benzene rings is 3. The van der Waals surface area contributed by atoms with Crippen molar-refractivity contribution in [2.24, 2.45) is 5.92 Å². The SMILES string of the molecule is CC(C)CN(CC(O)C(Cc1ccccc1)NC(=O)OCc1cncs1)S(=O)(=O)c1ccc2ncn(Cc3ccccc3)c2c1. The van der Waals surface area contributed by atoms with Crippen molar-refractivity contribution in [3.8, 4) is 0 Å². The van der Waals surface area contributed by atoms with Gasteiger partial charge in [0.2, 0.25) is 10.0 Å². The number of nitrogens with one attached hydrogen (secondary N) is 1. The van der Waals surface area contributed by atoms with Gasteiger partial charge in [-0.3, -0.25) is 4.98 Å². The van der Waals surface area contributed by atoms with E-state index in [9.17, 15) is 18.3 Å². The highest BCUT2D eigenvalue weighted by Gasteiger charge is 2.32. The van der Waals surface area contributed by atoms with Gasteiger partial charge >= 0.3 is 6.09 Å². The lowest BCUT2D eigenvalue weighted by atomic mass is 10.0. The van der Waals surface area contributed by atoms with Crippen LogP contribution < -0.4 is 5.32 Å². The van der Waals surface area contributed by atoms with Crippen LogP contribution in [0.3, 0.4) is 0 Å². The zero-order valence-corrected chi connectivity index (χ0v) is 26.8. The third-order valence-electron chi connectivity index (χ3n) is 7.28. The number of aliphatic hydroxyl groups is 1. The minimum atomic E-state index is -4.04. The lowest BCUT2D eigenvalue weighted by Gasteiger charge is -2.30. The number of imidazole rings is 1. The second-order valence-corrected chi connectivity index (χ2v) is 14.2. The molecule has 45 heavy (non-hydrogen) atoms. The summed E-state index contributed by atoms with van der Waals surface area (Å²) in [5, 5.41) is 14.3. The lowest BCUT2D eigenvalue weighted by Crippen LogP contribution is -2.51. The molecule has 2 atom stereocenters. The molecule has 236 valence electrons. The van der Waals surface area contributed by atoms with Crippen molar-refractivity contribution in [2.75, 3.05) is 13.1 Å². The Morgan fingerprint density at radius 3 is 2.40 bits per heavy atom. The number of nitrogens with zero attached hydrogens (tertiary/aromatic N) is 4. The number of carbonyl (C=O) groups is 1. The standard InChI is InChI=1S/C33H37N5O5S2/c1-24(2)18-38(45(41,42)28-13-14-29-31(16-28)37(22-35-29)19-26-11-7-4-8-12-26)20-32(39)30(15-25-9-5-3-6-10-25)36-33(40)43-21-27-17-34-23-44-27/h3-14,16-17,22-24,30,32,39H,15,18-21H2,1-2H3,(H,36,40). The molecule has 10 nitrogen and oxygen atoms in total. The van der Waals surface area contributed by atoms with Crippen molar-refractivity contribution in [1.82, 2.24) is 24.2 Å². The second-order valence-electron chi connectivity index (χ2n) is 11.3. The van der Waals surface area contributed by atoms with Crippen LogP contribution >= 0.6 is 11.3 Å². The van der Waals surface area contributed by atoms with E-state index in [4.69, 9.17) is 4.74 Å². The van der Waals surface area contributed by atoms with Crippen LogP contribution in [0.1, 0.15) is 29.9 Å². The highest BCUT2D eigenvalue weighted by atomic mass is 32.2. The summed E-state index contributed by atoms with van der Waals surface area (Å²) < 4.78 is 36.9. The molecule has 0 saturated carbocycles. The largest absolute Gasteiger partial charge is 0.444 e. The molecule has 5 aromatic rings. The van der Waals surface area contributed by atoms with Gasteiger partial charge in [0.05, 0.1) is 44.8 Å². The van der Waals surface area contributed by atoms with Crippen molar-refractivity contribution < 1.29 is 23.1 Å². The number of fused-ring (bicyclic) bond motifs is 1. The van der Waals surface area contributed by atoms with Crippen molar-refractivity contribution >= 4 is 38.5 Å². The van der Waals surface area contributed by atoms with Gasteiger partial charge in [-0.15, -0.1) is 11.3 Å². The Kier molecular flexibility index (Phi) is 10.6. The Balaban J connectivity index is 1.38. The lowest BCUT2D eigenvalue weighted by molar-refractivity contribution is 0.0876. The minimum absolute atomic E-state index is 0.0239. The minimum Gasteiger partial charge on any atom is -0.444 e. The molecule has 2 unspecified atom stereocenters. The number of alkyl carbamates (subject to hydrolysis) is 1. The Morgan fingerprint density at radius 2 is 1.73 bits per heavy atom. The molecule has 3 aromatic carbocycles. The summed E-state index contributed by atoms with van der Waals surface area (Å²) >= 11 is 1.37. The molecule has 2 aromatic heterocycles. The molecule has 0 aliphatic carbocycles. The van der Waals surface area contributed by atoms with E-state index in [1.165, 1.54) is 15.6 Å². The molecule has 5 rings (SSSR count). The number of rotatable bonds is 14. The third kappa shape index (κ3) is 8.54. The topological polar surface area (TPSA) is 127 Å². The Labute approximate surface area is 267 Å². The van der Waals surface area contributed by atoms with Crippen molar-refractivity contribution in [3.05, 3.63) is 113 Å². The summed E-state index contributed by atoms with van der Waals surface area (Å²) in [5.41, 5.74) is 4.97. The summed E-state index contributed by atoms with van der Waals surface area (Å²) in [4.78, 5) is 22.1. The van der Waals surface area contributed by atoms with Gasteiger partial charge in [0, 0.05) is 25.8 Å². The zero-order chi connectivity index (χ0) is 31.8. The van der Waals surface area contributed by atoms with Crippen LogP contribution in [0.15, 0.2) is 102 Å². The number of aromatic nitrogens is 3. The highest BCUT2D eigenvalue weighted by Crippen LogP contribution is 2.24. The van der Waals surface area contributed by atoms with E-state index in [0.29, 0.717) is 17.6 Å². The molecule has 12 heteroatoms. The summed E-state index contributed by atoms with van der Waals surface area (Å²) in [6, 6.07) is 23.3. The van der Waals surface area contributed by atoms with E-state index in [2.05, 4.69) is 15.3 Å². The van der Waals surface area contributed by atoms with Gasteiger partial charge < -0.3 is 19.7 Å². The third-order valence-corrected chi connectivity index (χ3v) is 9.86.